The van der Waals surface area contributed by atoms with Gasteiger partial charge < -0.3 is 0 Å². The van der Waals surface area contributed by atoms with E-state index in [1.807, 2.05) is 13.0 Å². The molecule has 1 heterocycles. The molecule has 0 aromatic heterocycles. The highest BCUT2D eigenvalue weighted by Crippen LogP contribution is 2.18. The third-order valence-corrected chi connectivity index (χ3v) is 2.05. The maximum Gasteiger partial charge on any atom is 0.277 e. The van der Waals surface area contributed by atoms with E-state index in [1.54, 1.807) is 20.3 Å². The van der Waals surface area contributed by atoms with Gasteiger partial charge in [0.25, 0.3) is 11.8 Å². The number of imide groups is 1. The summed E-state index contributed by atoms with van der Waals surface area (Å²) in [4.78, 5) is 22.7. The Morgan fingerprint density at radius 3 is 2.08 bits per heavy atom. The van der Waals surface area contributed by atoms with Crippen LogP contribution in [0.4, 0.5) is 0 Å². The van der Waals surface area contributed by atoms with Crippen LogP contribution in [-0.2, 0) is 9.59 Å². The fourth-order valence-corrected chi connectivity index (χ4v) is 1.57. The number of quaternary nitrogens is 1. The first-order chi connectivity index (χ1) is 5.99. The van der Waals surface area contributed by atoms with Gasteiger partial charge in [-0.15, -0.1) is 5.01 Å². The molecule has 0 radical (unpaired) electrons. The van der Waals surface area contributed by atoms with Crippen LogP contribution in [0.3, 0.4) is 0 Å². The molecule has 4 nitrogen and oxygen atoms in total. The average Bonchev–Trinajstić information content (AvgIpc) is 2.31. The maximum atomic E-state index is 11.4. The van der Waals surface area contributed by atoms with Crippen molar-refractivity contribution >= 4 is 11.8 Å². The minimum atomic E-state index is -0.0897. The molecule has 0 bridgehead atoms. The predicted molar refractivity (Wildman–Crippen MR) is 48.0 cm³/mol. The summed E-state index contributed by atoms with van der Waals surface area (Å²) in [6, 6.07) is 0. The lowest BCUT2D eigenvalue weighted by molar-refractivity contribution is -0.932. The third kappa shape index (κ3) is 1.78. The highest BCUT2D eigenvalue weighted by atomic mass is 16.2. The summed E-state index contributed by atoms with van der Waals surface area (Å²) in [6.45, 7) is 1.87. The second-order valence-corrected chi connectivity index (χ2v) is 3.56. The zero-order valence-corrected chi connectivity index (χ0v) is 8.28. The van der Waals surface area contributed by atoms with Gasteiger partial charge in [0.15, 0.2) is 0 Å². The van der Waals surface area contributed by atoms with Crippen LogP contribution in [-0.4, -0.2) is 35.5 Å². The van der Waals surface area contributed by atoms with Gasteiger partial charge in [-0.3, -0.25) is 9.59 Å². The molecule has 0 aromatic carbocycles. The number of amides is 2. The molecule has 0 spiro atoms. The molecular formula is C9H15N2O2+. The normalized spacial score (nSPS) is 19.2. The largest absolute Gasteiger partial charge is 0.277 e. The van der Waals surface area contributed by atoms with Crippen molar-refractivity contribution in [2.75, 3.05) is 14.1 Å². The summed E-state index contributed by atoms with van der Waals surface area (Å²) in [6.07, 6.45) is 4.33. The van der Waals surface area contributed by atoms with Gasteiger partial charge in [-0.1, -0.05) is 0 Å². The van der Waals surface area contributed by atoms with Crippen molar-refractivity contribution in [3.05, 3.63) is 12.3 Å². The number of carbonyl (C=O) groups is 2. The minimum absolute atomic E-state index is 0.0897. The lowest BCUT2D eigenvalue weighted by Crippen LogP contribution is -2.53. The van der Waals surface area contributed by atoms with Crippen LogP contribution in [0.5, 0.6) is 0 Å². The van der Waals surface area contributed by atoms with Crippen molar-refractivity contribution < 1.29 is 14.2 Å². The number of nitrogens with zero attached hydrogens (tertiary/aromatic N) is 2. The van der Waals surface area contributed by atoms with Crippen molar-refractivity contribution in [3.8, 4) is 0 Å². The Hall–Kier alpha value is -1.16. The first kappa shape index (κ1) is 9.92. The standard InChI is InChI=1S/C9H15N2O2/c1-4-7-11(2,3)10-8(12)5-6-9(10)13/h4,7H,5-6H2,1-3H3/q+1. The van der Waals surface area contributed by atoms with E-state index in [1.165, 1.54) is 5.01 Å². The first-order valence-corrected chi connectivity index (χ1v) is 4.33. The highest BCUT2D eigenvalue weighted by molar-refractivity contribution is 6.00. The summed E-state index contributed by atoms with van der Waals surface area (Å²) in [5.41, 5.74) is 0. The van der Waals surface area contributed by atoms with E-state index in [0.717, 1.165) is 0 Å². The van der Waals surface area contributed by atoms with E-state index in [-0.39, 0.29) is 16.4 Å². The molecule has 1 rings (SSSR count). The molecule has 13 heavy (non-hydrogen) atoms. The van der Waals surface area contributed by atoms with Crippen molar-refractivity contribution in [3.63, 3.8) is 0 Å². The number of rotatable bonds is 2. The third-order valence-electron chi connectivity index (χ3n) is 2.05. The van der Waals surface area contributed by atoms with Gasteiger partial charge in [0.05, 0.1) is 14.1 Å². The Bertz CT molecular complexity index is 253. The summed E-state index contributed by atoms with van der Waals surface area (Å²) < 4.78 is 0.189. The average molecular weight is 183 g/mol. The molecule has 0 N–H and O–H groups in total. The van der Waals surface area contributed by atoms with Gasteiger partial charge >= 0.3 is 0 Å². The molecule has 72 valence electrons. The summed E-state index contributed by atoms with van der Waals surface area (Å²) in [7, 11) is 3.61. The minimum Gasteiger partial charge on any atom is -0.269 e. The SMILES string of the molecule is CC=C[N+](C)(C)N1C(=O)CCC1=O. The molecule has 1 aliphatic rings. The first-order valence-electron chi connectivity index (χ1n) is 4.33. The number of carbonyl (C=O) groups excluding carboxylic acids is 2. The maximum absolute atomic E-state index is 11.4. The quantitative estimate of drug-likeness (QED) is 0.466. The van der Waals surface area contributed by atoms with Gasteiger partial charge in [-0.25, -0.2) is 0 Å². The molecule has 0 atom stereocenters. The van der Waals surface area contributed by atoms with E-state index in [4.69, 9.17) is 0 Å². The van der Waals surface area contributed by atoms with Gasteiger partial charge in [-0.05, 0) is 13.0 Å². The van der Waals surface area contributed by atoms with Crippen LogP contribution in [0.1, 0.15) is 19.8 Å². The monoisotopic (exact) mass is 183 g/mol. The Kier molecular flexibility index (Phi) is 2.52. The van der Waals surface area contributed by atoms with E-state index in [0.29, 0.717) is 12.8 Å². The molecule has 0 saturated carbocycles. The molecule has 0 aliphatic carbocycles. The molecule has 2 amide bonds. The second-order valence-electron chi connectivity index (χ2n) is 3.56. The van der Waals surface area contributed by atoms with Crippen LogP contribution in [0.2, 0.25) is 0 Å². The number of hydrogen-bond acceptors (Lipinski definition) is 2. The van der Waals surface area contributed by atoms with E-state index < -0.39 is 0 Å². The van der Waals surface area contributed by atoms with E-state index >= 15 is 0 Å². The lowest BCUT2D eigenvalue weighted by Gasteiger charge is -2.31. The van der Waals surface area contributed by atoms with Gasteiger partial charge in [0, 0.05) is 12.8 Å². The van der Waals surface area contributed by atoms with Gasteiger partial charge in [-0.2, -0.15) is 4.59 Å². The van der Waals surface area contributed by atoms with E-state index in [2.05, 4.69) is 0 Å². The molecule has 1 fully saturated rings. The highest BCUT2D eigenvalue weighted by Gasteiger charge is 2.40. The molecule has 0 aromatic rings. The Morgan fingerprint density at radius 1 is 1.23 bits per heavy atom. The molecular weight excluding hydrogens is 168 g/mol. The van der Waals surface area contributed by atoms with Crippen molar-refractivity contribution in [2.45, 2.75) is 19.8 Å². The lowest BCUT2D eigenvalue weighted by atomic mass is 10.4. The number of hydrogen-bond donors (Lipinski definition) is 0. The van der Waals surface area contributed by atoms with Crippen molar-refractivity contribution in [1.29, 1.82) is 0 Å². The topological polar surface area (TPSA) is 37.4 Å². The van der Waals surface area contributed by atoms with Crippen LogP contribution >= 0.6 is 0 Å². The predicted octanol–water partition coefficient (Wildman–Crippen LogP) is 0.660. The van der Waals surface area contributed by atoms with Gasteiger partial charge in [0.2, 0.25) is 0 Å². The molecule has 1 aliphatic heterocycles. The van der Waals surface area contributed by atoms with E-state index in [9.17, 15) is 9.59 Å². The van der Waals surface area contributed by atoms with Crippen molar-refractivity contribution in [2.24, 2.45) is 0 Å². The van der Waals surface area contributed by atoms with Gasteiger partial charge in [0.1, 0.15) is 6.20 Å². The zero-order valence-electron chi connectivity index (χ0n) is 8.28. The summed E-state index contributed by atoms with van der Waals surface area (Å²) >= 11 is 0. The second kappa shape index (κ2) is 3.30. The molecule has 0 unspecified atom stereocenters. The van der Waals surface area contributed by atoms with Crippen LogP contribution in [0, 0.1) is 0 Å². The fourth-order valence-electron chi connectivity index (χ4n) is 1.57. The smallest absolute Gasteiger partial charge is 0.269 e. The fraction of sp³-hybridized carbons (Fsp3) is 0.556. The Labute approximate surface area is 78.0 Å². The van der Waals surface area contributed by atoms with Crippen molar-refractivity contribution in [1.82, 2.24) is 5.01 Å². The summed E-state index contributed by atoms with van der Waals surface area (Å²) in [5.74, 6) is -0.179. The summed E-state index contributed by atoms with van der Waals surface area (Å²) in [5, 5.41) is 1.29. The Morgan fingerprint density at radius 2 is 1.69 bits per heavy atom. The number of allylic oxidation sites excluding steroid dienone is 1. The Balaban J connectivity index is 2.92. The molecule has 4 heteroatoms. The van der Waals surface area contributed by atoms with Crippen LogP contribution in [0.25, 0.3) is 0 Å². The zero-order chi connectivity index (χ0) is 10.1. The van der Waals surface area contributed by atoms with Crippen LogP contribution in [0.15, 0.2) is 12.3 Å². The molecule has 1 saturated heterocycles. The van der Waals surface area contributed by atoms with Crippen LogP contribution < -0.4 is 0 Å².